The van der Waals surface area contributed by atoms with Gasteiger partial charge in [0.25, 0.3) is 5.91 Å². The van der Waals surface area contributed by atoms with Crippen LogP contribution in [0.4, 0.5) is 11.5 Å². The first-order valence-electron chi connectivity index (χ1n) is 9.47. The summed E-state index contributed by atoms with van der Waals surface area (Å²) in [5.74, 6) is 0.0487. The van der Waals surface area contributed by atoms with Gasteiger partial charge in [0.2, 0.25) is 14.9 Å². The van der Waals surface area contributed by atoms with Crippen molar-refractivity contribution in [2.75, 3.05) is 12.1 Å². The van der Waals surface area contributed by atoms with Crippen molar-refractivity contribution in [3.63, 3.8) is 0 Å². The molecule has 31 heavy (non-hydrogen) atoms. The van der Waals surface area contributed by atoms with Gasteiger partial charge in [0, 0.05) is 12.7 Å². The van der Waals surface area contributed by atoms with Crippen LogP contribution in [-0.4, -0.2) is 31.5 Å². The summed E-state index contributed by atoms with van der Waals surface area (Å²) in [5.41, 5.74) is 2.43. The van der Waals surface area contributed by atoms with Gasteiger partial charge in [0.1, 0.15) is 10.6 Å². The van der Waals surface area contributed by atoms with Crippen molar-refractivity contribution in [3.8, 4) is 5.75 Å². The van der Waals surface area contributed by atoms with Crippen LogP contribution in [0.5, 0.6) is 5.75 Å². The van der Waals surface area contributed by atoms with Crippen LogP contribution >= 0.6 is 0 Å². The van der Waals surface area contributed by atoms with Crippen LogP contribution < -0.4 is 15.1 Å². The van der Waals surface area contributed by atoms with Crippen LogP contribution in [-0.2, 0) is 21.2 Å². The highest BCUT2D eigenvalue weighted by Gasteiger charge is 2.38. The average Bonchev–Trinajstić information content (AvgIpc) is 2.79. The van der Waals surface area contributed by atoms with Crippen molar-refractivity contribution in [1.29, 1.82) is 0 Å². The van der Waals surface area contributed by atoms with E-state index in [0.717, 1.165) is 11.1 Å². The Morgan fingerprint density at radius 3 is 2.45 bits per heavy atom. The zero-order chi connectivity index (χ0) is 22.0. The Labute approximate surface area is 180 Å². The molecular formula is C22H20N4O4S. The number of nitrogens with zero attached hydrogens (tertiary/aromatic N) is 3. The minimum atomic E-state index is -4.13. The molecule has 158 valence electrons. The Kier molecular flexibility index (Phi) is 5.43. The minimum Gasteiger partial charge on any atom is -0.497 e. The zero-order valence-corrected chi connectivity index (χ0v) is 17.8. The third-order valence-corrected chi connectivity index (χ3v) is 6.45. The largest absolute Gasteiger partial charge is 0.497 e. The summed E-state index contributed by atoms with van der Waals surface area (Å²) in [6.45, 7) is 2.08. The van der Waals surface area contributed by atoms with E-state index in [-0.39, 0.29) is 17.3 Å². The molecule has 0 radical (unpaired) electrons. The first kappa shape index (κ1) is 20.5. The Bertz CT molecular complexity index is 1250. The van der Waals surface area contributed by atoms with E-state index in [1.54, 1.807) is 43.5 Å². The number of carbonyl (C=O) groups is 1. The van der Waals surface area contributed by atoms with Crippen LogP contribution in [0.2, 0.25) is 0 Å². The maximum atomic E-state index is 13.1. The number of hydrazone groups is 1. The zero-order valence-electron chi connectivity index (χ0n) is 16.9. The quantitative estimate of drug-likeness (QED) is 0.660. The summed E-state index contributed by atoms with van der Waals surface area (Å²) in [6.07, 6.45) is 1.49. The lowest BCUT2D eigenvalue weighted by atomic mass is 10.2. The van der Waals surface area contributed by atoms with E-state index in [4.69, 9.17) is 4.74 Å². The minimum absolute atomic E-state index is 0.0693. The molecule has 0 saturated heterocycles. The Hall–Kier alpha value is -3.72. The van der Waals surface area contributed by atoms with Gasteiger partial charge in [-0.3, -0.25) is 4.79 Å². The summed E-state index contributed by atoms with van der Waals surface area (Å²) in [5, 5.41) is 7.61. The Morgan fingerprint density at radius 2 is 1.77 bits per heavy atom. The fourth-order valence-electron chi connectivity index (χ4n) is 3.08. The lowest BCUT2D eigenvalue weighted by Crippen LogP contribution is -2.40. The molecule has 0 saturated carbocycles. The Balaban J connectivity index is 1.67. The molecule has 1 aliphatic rings. The maximum absolute atomic E-state index is 13.1. The van der Waals surface area contributed by atoms with Crippen molar-refractivity contribution in [2.24, 2.45) is 5.10 Å². The van der Waals surface area contributed by atoms with Crippen LogP contribution in [0.3, 0.4) is 0 Å². The van der Waals surface area contributed by atoms with Crippen molar-refractivity contribution in [3.05, 3.63) is 78.0 Å². The predicted molar refractivity (Wildman–Crippen MR) is 117 cm³/mol. The summed E-state index contributed by atoms with van der Waals surface area (Å²) >= 11 is 0. The molecule has 4 rings (SSSR count). The summed E-state index contributed by atoms with van der Waals surface area (Å²) < 4.78 is 31.3. The number of anilines is 2. The molecule has 1 amide bonds. The number of hydrogen-bond acceptors (Lipinski definition) is 7. The van der Waals surface area contributed by atoms with Crippen LogP contribution in [0, 0.1) is 6.92 Å². The summed E-state index contributed by atoms with van der Waals surface area (Å²) in [7, 11) is -2.57. The number of carbonyl (C=O) groups excluding carboxylic acids is 1. The molecule has 0 fully saturated rings. The van der Waals surface area contributed by atoms with Gasteiger partial charge in [-0.25, -0.2) is 18.4 Å². The third kappa shape index (κ3) is 3.99. The molecule has 8 nitrogen and oxygen atoms in total. The van der Waals surface area contributed by atoms with E-state index in [0.29, 0.717) is 11.4 Å². The highest BCUT2D eigenvalue weighted by atomic mass is 32.2. The molecule has 1 N–H and O–H groups in total. The van der Waals surface area contributed by atoms with Gasteiger partial charge in [-0.05, 0) is 48.9 Å². The molecule has 1 aromatic heterocycles. The molecular weight excluding hydrogens is 416 g/mol. The van der Waals surface area contributed by atoms with E-state index >= 15 is 0 Å². The highest BCUT2D eigenvalue weighted by Crippen LogP contribution is 2.35. The number of fused-ring (bicyclic) bond motifs is 1. The number of rotatable bonds is 5. The molecule has 0 spiro atoms. The molecule has 1 aliphatic heterocycles. The normalized spacial score (nSPS) is 14.4. The second-order valence-electron chi connectivity index (χ2n) is 6.91. The fraction of sp³-hybridized carbons (Fsp3) is 0.136. The van der Waals surface area contributed by atoms with E-state index in [9.17, 15) is 13.2 Å². The second kappa shape index (κ2) is 8.19. The van der Waals surface area contributed by atoms with Gasteiger partial charge in [0.05, 0.1) is 12.8 Å². The molecule has 9 heteroatoms. The standard InChI is InChI=1S/C22H20N4O4S/c1-15-5-9-17(10-6-15)26-20-19(4-3-13-23-20)31(28,29)22(25-26)21(27)24-14-16-7-11-18(30-2)12-8-16/h3-13H,14H2,1-2H3,(H,24,27). The number of aryl methyl sites for hydroxylation is 1. The van der Waals surface area contributed by atoms with Crippen LogP contribution in [0.15, 0.2) is 76.9 Å². The Morgan fingerprint density at radius 1 is 1.06 bits per heavy atom. The number of amides is 1. The van der Waals surface area contributed by atoms with Crippen molar-refractivity contribution in [2.45, 2.75) is 18.4 Å². The average molecular weight is 436 g/mol. The van der Waals surface area contributed by atoms with Gasteiger partial charge in [-0.15, -0.1) is 5.10 Å². The SMILES string of the molecule is COc1ccc(CNC(=O)C2=NN(c3ccc(C)cc3)c3ncccc3S2(=O)=O)cc1. The van der Waals surface area contributed by atoms with Gasteiger partial charge < -0.3 is 10.1 Å². The summed E-state index contributed by atoms with van der Waals surface area (Å²) in [4.78, 5) is 17.0. The maximum Gasteiger partial charge on any atom is 0.284 e. The topological polar surface area (TPSA) is 101 Å². The van der Waals surface area contributed by atoms with Crippen molar-refractivity contribution in [1.82, 2.24) is 10.3 Å². The molecule has 2 heterocycles. The van der Waals surface area contributed by atoms with Crippen LogP contribution in [0.25, 0.3) is 0 Å². The molecule has 2 aromatic carbocycles. The molecule has 3 aromatic rings. The smallest absolute Gasteiger partial charge is 0.284 e. The van der Waals surface area contributed by atoms with E-state index < -0.39 is 20.8 Å². The number of pyridine rings is 1. The van der Waals surface area contributed by atoms with E-state index in [2.05, 4.69) is 15.4 Å². The molecule has 0 unspecified atom stereocenters. The first-order chi connectivity index (χ1) is 14.9. The molecule has 0 atom stereocenters. The molecule has 0 aliphatic carbocycles. The number of hydrogen-bond donors (Lipinski definition) is 1. The number of aromatic nitrogens is 1. The van der Waals surface area contributed by atoms with Crippen LogP contribution in [0.1, 0.15) is 11.1 Å². The monoisotopic (exact) mass is 436 g/mol. The number of methoxy groups -OCH3 is 1. The third-order valence-electron chi connectivity index (χ3n) is 4.77. The number of benzene rings is 2. The molecule has 0 bridgehead atoms. The highest BCUT2D eigenvalue weighted by molar-refractivity contribution is 8.08. The number of nitrogens with one attached hydrogen (secondary N) is 1. The van der Waals surface area contributed by atoms with Gasteiger partial charge in [-0.1, -0.05) is 29.8 Å². The van der Waals surface area contributed by atoms with Gasteiger partial charge in [0.15, 0.2) is 5.82 Å². The lowest BCUT2D eigenvalue weighted by molar-refractivity contribution is -0.114. The first-order valence-corrected chi connectivity index (χ1v) is 10.9. The predicted octanol–water partition coefficient (Wildman–Crippen LogP) is 2.95. The van der Waals surface area contributed by atoms with Crippen molar-refractivity contribution >= 4 is 32.3 Å². The van der Waals surface area contributed by atoms with Gasteiger partial charge in [-0.2, -0.15) is 0 Å². The fourth-order valence-corrected chi connectivity index (χ4v) is 4.43. The lowest BCUT2D eigenvalue weighted by Gasteiger charge is -2.26. The summed E-state index contributed by atoms with van der Waals surface area (Å²) in [6, 6.07) is 17.4. The van der Waals surface area contributed by atoms with Crippen molar-refractivity contribution < 1.29 is 17.9 Å². The van der Waals surface area contributed by atoms with E-state index in [1.165, 1.54) is 23.3 Å². The number of ether oxygens (including phenoxy) is 1. The van der Waals surface area contributed by atoms with E-state index in [1.807, 2.05) is 19.1 Å². The van der Waals surface area contributed by atoms with Gasteiger partial charge >= 0.3 is 0 Å². The second-order valence-corrected chi connectivity index (χ2v) is 8.75. The number of sulfone groups is 1.